The average Bonchev–Trinajstić information content (AvgIpc) is 3.57. The predicted molar refractivity (Wildman–Crippen MR) is 127 cm³/mol. The molecule has 1 saturated carbocycles. The lowest BCUT2D eigenvalue weighted by Gasteiger charge is -2.27. The molecule has 2 unspecified atom stereocenters. The van der Waals surface area contributed by atoms with Gasteiger partial charge in [0.25, 0.3) is 0 Å². The molecule has 1 aromatic carbocycles. The van der Waals surface area contributed by atoms with Gasteiger partial charge in [-0.15, -0.1) is 10.2 Å². The van der Waals surface area contributed by atoms with Gasteiger partial charge in [0.15, 0.2) is 0 Å². The fourth-order valence-electron chi connectivity index (χ4n) is 4.96. The van der Waals surface area contributed by atoms with Crippen molar-refractivity contribution in [1.82, 2.24) is 40.8 Å². The number of aromatic amines is 2. The fraction of sp³-hybridized carbons (Fsp3) is 0.400. The second-order valence-electron chi connectivity index (χ2n) is 9.02. The SMILES string of the molecule is CCCC1CCCC(C(=O)c2n[nH]c(Cc3ccc(-c4ccncc4-c4nn[nH]n4)cc3)n2)C1. The van der Waals surface area contributed by atoms with Gasteiger partial charge in [-0.3, -0.25) is 14.9 Å². The summed E-state index contributed by atoms with van der Waals surface area (Å²) in [5, 5.41) is 21.5. The third kappa shape index (κ3) is 4.78. The minimum absolute atomic E-state index is 0.0574. The molecular weight excluding hydrogens is 428 g/mol. The third-order valence-electron chi connectivity index (χ3n) is 6.65. The van der Waals surface area contributed by atoms with Crippen molar-refractivity contribution in [2.24, 2.45) is 11.8 Å². The van der Waals surface area contributed by atoms with Crippen LogP contribution >= 0.6 is 0 Å². The number of tetrazole rings is 1. The van der Waals surface area contributed by atoms with Crippen LogP contribution in [0, 0.1) is 11.8 Å². The highest BCUT2D eigenvalue weighted by Gasteiger charge is 2.29. The number of rotatable bonds is 8. The first-order valence-corrected chi connectivity index (χ1v) is 11.9. The van der Waals surface area contributed by atoms with Crippen LogP contribution in [-0.4, -0.2) is 46.6 Å². The number of Topliss-reactive ketones (excluding diaryl/α,β-unsaturated/α-hetero) is 1. The molecule has 9 nitrogen and oxygen atoms in total. The van der Waals surface area contributed by atoms with Gasteiger partial charge in [-0.05, 0) is 46.7 Å². The number of carbonyl (C=O) groups is 1. The van der Waals surface area contributed by atoms with Crippen LogP contribution in [0.5, 0.6) is 0 Å². The Morgan fingerprint density at radius 2 is 1.97 bits per heavy atom. The van der Waals surface area contributed by atoms with Crippen molar-refractivity contribution in [2.45, 2.75) is 51.9 Å². The molecule has 2 N–H and O–H groups in total. The molecular formula is C25H28N8O. The van der Waals surface area contributed by atoms with Crippen molar-refractivity contribution in [3.05, 3.63) is 59.9 Å². The van der Waals surface area contributed by atoms with E-state index >= 15 is 0 Å². The van der Waals surface area contributed by atoms with Crippen LogP contribution in [0.2, 0.25) is 0 Å². The highest BCUT2D eigenvalue weighted by Crippen LogP contribution is 2.33. The van der Waals surface area contributed by atoms with Crippen molar-refractivity contribution in [3.8, 4) is 22.5 Å². The number of H-pyrrole nitrogens is 2. The first-order valence-electron chi connectivity index (χ1n) is 11.9. The van der Waals surface area contributed by atoms with Crippen molar-refractivity contribution in [1.29, 1.82) is 0 Å². The standard InChI is InChI=1S/C25H28N8O/c1-2-4-16-5-3-6-19(13-16)23(34)25-27-22(28-29-25)14-17-7-9-18(10-8-17)20-11-12-26-15-21(20)24-30-32-33-31-24/h7-12,15-16,19H,2-6,13-14H2,1H3,(H,27,28,29)(H,30,31,32,33). The zero-order valence-electron chi connectivity index (χ0n) is 19.2. The Kier molecular flexibility index (Phi) is 6.51. The number of nitrogens with zero attached hydrogens (tertiary/aromatic N) is 6. The minimum Gasteiger partial charge on any atom is -0.290 e. The van der Waals surface area contributed by atoms with E-state index in [0.717, 1.165) is 41.5 Å². The van der Waals surface area contributed by atoms with Crippen LogP contribution in [0.3, 0.4) is 0 Å². The molecule has 0 bridgehead atoms. The summed E-state index contributed by atoms with van der Waals surface area (Å²) in [6.45, 7) is 2.21. The summed E-state index contributed by atoms with van der Waals surface area (Å²) in [4.78, 5) is 21.7. The number of nitrogens with one attached hydrogen (secondary N) is 2. The number of hydrogen-bond donors (Lipinski definition) is 2. The molecule has 0 amide bonds. The van der Waals surface area contributed by atoms with E-state index in [1.807, 2.05) is 18.2 Å². The fourth-order valence-corrected chi connectivity index (χ4v) is 4.96. The molecule has 0 spiro atoms. The Morgan fingerprint density at radius 1 is 1.09 bits per heavy atom. The summed E-state index contributed by atoms with van der Waals surface area (Å²) >= 11 is 0. The van der Waals surface area contributed by atoms with Crippen molar-refractivity contribution in [2.75, 3.05) is 0 Å². The van der Waals surface area contributed by atoms with Crippen molar-refractivity contribution in [3.63, 3.8) is 0 Å². The van der Waals surface area contributed by atoms with Gasteiger partial charge in [0.05, 0.1) is 0 Å². The highest BCUT2D eigenvalue weighted by atomic mass is 16.1. The van der Waals surface area contributed by atoms with E-state index in [-0.39, 0.29) is 11.7 Å². The number of benzene rings is 1. The molecule has 4 aromatic rings. The number of carbonyl (C=O) groups excluding carboxylic acids is 1. The monoisotopic (exact) mass is 456 g/mol. The van der Waals surface area contributed by atoms with Crippen molar-refractivity contribution >= 4 is 5.78 Å². The zero-order valence-corrected chi connectivity index (χ0v) is 19.2. The van der Waals surface area contributed by atoms with Crippen LogP contribution < -0.4 is 0 Å². The van der Waals surface area contributed by atoms with Gasteiger partial charge in [0.2, 0.25) is 17.4 Å². The molecule has 0 saturated heterocycles. The van der Waals surface area contributed by atoms with Crippen LogP contribution in [0.15, 0.2) is 42.7 Å². The van der Waals surface area contributed by atoms with E-state index in [0.29, 0.717) is 29.8 Å². The largest absolute Gasteiger partial charge is 0.290 e. The normalized spacial score (nSPS) is 18.1. The van der Waals surface area contributed by atoms with E-state index in [4.69, 9.17) is 0 Å². The molecule has 1 aliphatic carbocycles. The van der Waals surface area contributed by atoms with Crippen LogP contribution in [0.1, 0.15) is 67.5 Å². The minimum atomic E-state index is 0.0574. The van der Waals surface area contributed by atoms with Gasteiger partial charge < -0.3 is 0 Å². The molecule has 174 valence electrons. The van der Waals surface area contributed by atoms with Crippen molar-refractivity contribution < 1.29 is 4.79 Å². The first-order chi connectivity index (χ1) is 16.7. The number of hydrogen-bond acceptors (Lipinski definition) is 7. The molecule has 5 rings (SSSR count). The lowest BCUT2D eigenvalue weighted by molar-refractivity contribution is 0.0849. The van der Waals surface area contributed by atoms with Gasteiger partial charge in [-0.2, -0.15) is 10.3 Å². The van der Waals surface area contributed by atoms with Crippen LogP contribution in [-0.2, 0) is 6.42 Å². The second kappa shape index (κ2) is 10.0. The molecule has 9 heteroatoms. The van der Waals surface area contributed by atoms with E-state index in [9.17, 15) is 4.79 Å². The Balaban J connectivity index is 1.27. The summed E-state index contributed by atoms with van der Waals surface area (Å²) in [5.74, 6) is 2.34. The van der Waals surface area contributed by atoms with E-state index in [2.05, 4.69) is 59.8 Å². The van der Waals surface area contributed by atoms with E-state index in [1.165, 1.54) is 19.3 Å². The quantitative estimate of drug-likeness (QED) is 0.376. The summed E-state index contributed by atoms with van der Waals surface area (Å²) in [7, 11) is 0. The smallest absolute Gasteiger partial charge is 0.217 e. The van der Waals surface area contributed by atoms with Gasteiger partial charge >= 0.3 is 0 Å². The number of ketones is 1. The Bertz CT molecular complexity index is 1230. The molecule has 2 atom stereocenters. The maximum Gasteiger partial charge on any atom is 0.217 e. The molecule has 34 heavy (non-hydrogen) atoms. The zero-order chi connectivity index (χ0) is 23.3. The van der Waals surface area contributed by atoms with Gasteiger partial charge in [-0.25, -0.2) is 4.98 Å². The lowest BCUT2D eigenvalue weighted by Crippen LogP contribution is -2.24. The highest BCUT2D eigenvalue weighted by molar-refractivity contribution is 5.94. The van der Waals surface area contributed by atoms with Gasteiger partial charge in [0.1, 0.15) is 5.82 Å². The van der Waals surface area contributed by atoms with Gasteiger partial charge in [0, 0.05) is 30.3 Å². The third-order valence-corrected chi connectivity index (χ3v) is 6.65. The molecule has 1 aliphatic rings. The molecule has 3 aromatic heterocycles. The summed E-state index contributed by atoms with van der Waals surface area (Å²) in [5.41, 5.74) is 3.89. The second-order valence-corrected chi connectivity index (χ2v) is 9.02. The van der Waals surface area contributed by atoms with Gasteiger partial charge in [-0.1, -0.05) is 56.9 Å². The Labute approximate surface area is 197 Å². The topological polar surface area (TPSA) is 126 Å². The Hall–Kier alpha value is -3.75. The van der Waals surface area contributed by atoms with Crippen LogP contribution in [0.4, 0.5) is 0 Å². The lowest BCUT2D eigenvalue weighted by atomic mass is 9.77. The Morgan fingerprint density at radius 3 is 2.76 bits per heavy atom. The van der Waals surface area contributed by atoms with E-state index in [1.54, 1.807) is 12.4 Å². The molecule has 1 fully saturated rings. The summed E-state index contributed by atoms with van der Waals surface area (Å²) < 4.78 is 0. The summed E-state index contributed by atoms with van der Waals surface area (Å²) in [6.07, 6.45) is 10.7. The number of aromatic nitrogens is 8. The number of pyridine rings is 1. The predicted octanol–water partition coefficient (Wildman–Crippen LogP) is 4.43. The maximum atomic E-state index is 13.0. The molecule has 3 heterocycles. The molecule has 0 radical (unpaired) electrons. The maximum absolute atomic E-state index is 13.0. The summed E-state index contributed by atoms with van der Waals surface area (Å²) in [6, 6.07) is 10.1. The van der Waals surface area contributed by atoms with Crippen LogP contribution in [0.25, 0.3) is 22.5 Å². The first kappa shape index (κ1) is 22.1. The van der Waals surface area contributed by atoms with E-state index < -0.39 is 0 Å². The average molecular weight is 457 g/mol. The molecule has 0 aliphatic heterocycles.